The number of amides is 1. The quantitative estimate of drug-likeness (QED) is 0.197. The van der Waals surface area contributed by atoms with Crippen molar-refractivity contribution in [1.29, 1.82) is 0 Å². The summed E-state index contributed by atoms with van der Waals surface area (Å²) in [5.41, 5.74) is 5.98. The number of aromatic nitrogens is 1. The number of esters is 1. The third kappa shape index (κ3) is 8.08. The molecule has 9 nitrogen and oxygen atoms in total. The van der Waals surface area contributed by atoms with Crippen LogP contribution in [0, 0.1) is 6.92 Å². The van der Waals surface area contributed by atoms with E-state index in [1.807, 2.05) is 31.2 Å². The van der Waals surface area contributed by atoms with E-state index in [9.17, 15) is 9.59 Å². The van der Waals surface area contributed by atoms with Crippen molar-refractivity contribution in [2.45, 2.75) is 20.3 Å². The second-order valence-electron chi connectivity index (χ2n) is 7.23. The molecule has 0 aliphatic rings. The second kappa shape index (κ2) is 12.9. The van der Waals surface area contributed by atoms with E-state index in [1.165, 1.54) is 18.4 Å². The van der Waals surface area contributed by atoms with Crippen LogP contribution in [0.5, 0.6) is 11.5 Å². The van der Waals surface area contributed by atoms with Gasteiger partial charge >= 0.3 is 5.97 Å². The van der Waals surface area contributed by atoms with E-state index in [2.05, 4.69) is 36.8 Å². The number of aryl methyl sites for hydroxylation is 1. The summed E-state index contributed by atoms with van der Waals surface area (Å²) in [5, 5.41) is 9.30. The van der Waals surface area contributed by atoms with E-state index in [1.54, 1.807) is 30.7 Å². The molecular weight excluding hydrogens is 536 g/mol. The lowest BCUT2D eigenvalue weighted by atomic mass is 10.2. The number of carbonyl (C=O) groups is 2. The Kier molecular flexibility index (Phi) is 9.62. The van der Waals surface area contributed by atoms with Gasteiger partial charge in [0.05, 0.1) is 36.5 Å². The summed E-state index contributed by atoms with van der Waals surface area (Å²) in [4.78, 5) is 28.1. The normalized spacial score (nSPS) is 10.7. The molecule has 3 aromatic rings. The number of benzene rings is 2. The molecule has 0 aliphatic carbocycles. The van der Waals surface area contributed by atoms with Crippen LogP contribution in [0.4, 0.5) is 10.8 Å². The summed E-state index contributed by atoms with van der Waals surface area (Å²) >= 11 is 4.80. The van der Waals surface area contributed by atoms with Crippen molar-refractivity contribution in [3.05, 3.63) is 63.1 Å². The number of nitrogens with one attached hydrogen (secondary N) is 2. The molecule has 3 rings (SSSR count). The number of methoxy groups -OCH3 is 1. The molecule has 0 atom stereocenters. The molecular formula is C24H25BrN4O5S. The molecule has 2 aromatic carbocycles. The number of thiazole rings is 1. The van der Waals surface area contributed by atoms with E-state index in [-0.39, 0.29) is 24.9 Å². The van der Waals surface area contributed by atoms with Crippen LogP contribution in [-0.4, -0.2) is 43.4 Å². The maximum Gasteiger partial charge on any atom is 0.311 e. The number of hydrogen-bond donors (Lipinski definition) is 2. The summed E-state index contributed by atoms with van der Waals surface area (Å²) in [6.45, 7) is 3.89. The van der Waals surface area contributed by atoms with E-state index in [0.717, 1.165) is 11.1 Å². The molecule has 0 radical (unpaired) electrons. The van der Waals surface area contributed by atoms with Crippen molar-refractivity contribution < 1.29 is 23.8 Å². The lowest BCUT2D eigenvalue weighted by molar-refractivity contribution is -0.142. The molecule has 0 saturated carbocycles. The smallest absolute Gasteiger partial charge is 0.311 e. The van der Waals surface area contributed by atoms with Crippen LogP contribution in [0.1, 0.15) is 23.7 Å². The monoisotopic (exact) mass is 560 g/mol. The van der Waals surface area contributed by atoms with Crippen LogP contribution < -0.4 is 20.2 Å². The van der Waals surface area contributed by atoms with Crippen LogP contribution in [0.15, 0.2) is 51.4 Å². The Balaban J connectivity index is 1.58. The number of ether oxygens (including phenoxy) is 3. The number of nitrogens with zero attached hydrogens (tertiary/aromatic N) is 2. The third-order valence-corrected chi connectivity index (χ3v) is 5.88. The molecule has 0 aliphatic heterocycles. The van der Waals surface area contributed by atoms with Gasteiger partial charge in [-0.25, -0.2) is 4.98 Å². The zero-order valence-corrected chi connectivity index (χ0v) is 21.9. The number of hydrogen-bond acceptors (Lipinski definition) is 9. The van der Waals surface area contributed by atoms with Gasteiger partial charge < -0.3 is 19.5 Å². The fourth-order valence-electron chi connectivity index (χ4n) is 2.89. The van der Waals surface area contributed by atoms with Gasteiger partial charge in [0.15, 0.2) is 18.1 Å². The number of anilines is 2. The number of carbonyl (C=O) groups excluding carboxylic acids is 2. The van der Waals surface area contributed by atoms with Crippen LogP contribution in [-0.2, 0) is 20.7 Å². The lowest BCUT2D eigenvalue weighted by Gasteiger charge is -2.13. The van der Waals surface area contributed by atoms with Crippen molar-refractivity contribution in [2.75, 3.05) is 31.1 Å². The summed E-state index contributed by atoms with van der Waals surface area (Å²) in [5.74, 6) is 0.235. The number of rotatable bonds is 11. The molecule has 0 saturated heterocycles. The molecule has 1 heterocycles. The zero-order chi connectivity index (χ0) is 25.2. The highest BCUT2D eigenvalue weighted by atomic mass is 79.9. The molecule has 1 amide bonds. The van der Waals surface area contributed by atoms with Gasteiger partial charge in [-0.1, -0.05) is 17.7 Å². The van der Waals surface area contributed by atoms with Crippen LogP contribution in [0.25, 0.3) is 0 Å². The van der Waals surface area contributed by atoms with Crippen LogP contribution in [0.3, 0.4) is 0 Å². The number of hydrazone groups is 1. The predicted octanol–water partition coefficient (Wildman–Crippen LogP) is 4.79. The Morgan fingerprint density at radius 3 is 2.71 bits per heavy atom. The Labute approximate surface area is 215 Å². The molecule has 35 heavy (non-hydrogen) atoms. The fraction of sp³-hybridized carbons (Fsp3) is 0.250. The van der Waals surface area contributed by atoms with E-state index in [4.69, 9.17) is 14.2 Å². The Morgan fingerprint density at radius 2 is 2.00 bits per heavy atom. The molecule has 2 N–H and O–H groups in total. The molecule has 184 valence electrons. The molecule has 0 unspecified atom stereocenters. The van der Waals surface area contributed by atoms with Gasteiger partial charge in [-0.05, 0) is 59.6 Å². The molecule has 1 aromatic heterocycles. The highest BCUT2D eigenvalue weighted by molar-refractivity contribution is 9.10. The maximum absolute atomic E-state index is 12.3. The Hall–Kier alpha value is -3.44. The summed E-state index contributed by atoms with van der Waals surface area (Å²) < 4.78 is 16.7. The van der Waals surface area contributed by atoms with Crippen molar-refractivity contribution in [2.24, 2.45) is 5.10 Å². The van der Waals surface area contributed by atoms with E-state index >= 15 is 0 Å². The molecule has 0 bridgehead atoms. The highest BCUT2D eigenvalue weighted by Crippen LogP contribution is 2.36. The van der Waals surface area contributed by atoms with Gasteiger partial charge in [-0.2, -0.15) is 5.10 Å². The summed E-state index contributed by atoms with van der Waals surface area (Å²) in [7, 11) is 1.51. The highest BCUT2D eigenvalue weighted by Gasteiger charge is 2.14. The molecule has 11 heteroatoms. The molecule has 0 fully saturated rings. The number of halogens is 1. The van der Waals surface area contributed by atoms with E-state index < -0.39 is 0 Å². The van der Waals surface area contributed by atoms with Gasteiger partial charge in [0, 0.05) is 11.1 Å². The standard InChI is InChI=1S/C24H25BrN4O5S/c1-4-33-22(31)11-18-14-35-24(28-18)29-26-12-16-9-19(25)23(20(10-16)32-3)34-13-21(30)27-17-7-5-15(2)6-8-17/h5-10,12,14H,4,11,13H2,1-3H3,(H,27,30)(H,28,29). The van der Waals surface area contributed by atoms with Crippen LogP contribution in [0.2, 0.25) is 0 Å². The van der Waals surface area contributed by atoms with E-state index in [0.29, 0.717) is 39.1 Å². The summed E-state index contributed by atoms with van der Waals surface area (Å²) in [6, 6.07) is 11.0. The summed E-state index contributed by atoms with van der Waals surface area (Å²) in [6.07, 6.45) is 1.71. The van der Waals surface area contributed by atoms with Gasteiger partial charge in [-0.3, -0.25) is 15.0 Å². The van der Waals surface area contributed by atoms with Crippen molar-refractivity contribution >= 4 is 56.2 Å². The van der Waals surface area contributed by atoms with Crippen molar-refractivity contribution in [3.63, 3.8) is 0 Å². The van der Waals surface area contributed by atoms with Crippen LogP contribution >= 0.6 is 27.3 Å². The fourth-order valence-corrected chi connectivity index (χ4v) is 4.12. The topological polar surface area (TPSA) is 111 Å². The minimum atomic E-state index is -0.320. The third-order valence-electron chi connectivity index (χ3n) is 4.49. The van der Waals surface area contributed by atoms with Gasteiger partial charge in [0.25, 0.3) is 5.91 Å². The van der Waals surface area contributed by atoms with Crippen molar-refractivity contribution in [3.8, 4) is 11.5 Å². The van der Waals surface area contributed by atoms with Crippen molar-refractivity contribution in [1.82, 2.24) is 4.98 Å². The minimum Gasteiger partial charge on any atom is -0.493 e. The first-order valence-electron chi connectivity index (χ1n) is 10.6. The minimum absolute atomic E-state index is 0.115. The Bertz CT molecular complexity index is 1200. The first kappa shape index (κ1) is 26.2. The average molecular weight is 561 g/mol. The van der Waals surface area contributed by atoms with Gasteiger partial charge in [0.2, 0.25) is 5.13 Å². The zero-order valence-electron chi connectivity index (χ0n) is 19.5. The van der Waals surface area contributed by atoms with Gasteiger partial charge in [-0.15, -0.1) is 11.3 Å². The Morgan fingerprint density at radius 1 is 1.23 bits per heavy atom. The second-order valence-corrected chi connectivity index (χ2v) is 8.95. The van der Waals surface area contributed by atoms with Gasteiger partial charge in [0.1, 0.15) is 0 Å². The first-order chi connectivity index (χ1) is 16.9. The largest absolute Gasteiger partial charge is 0.493 e. The molecule has 0 spiro atoms. The predicted molar refractivity (Wildman–Crippen MR) is 140 cm³/mol. The SMILES string of the molecule is CCOC(=O)Cc1csc(NN=Cc2cc(Br)c(OCC(=O)Nc3ccc(C)cc3)c(OC)c2)n1. The maximum atomic E-state index is 12.3. The average Bonchev–Trinajstić information content (AvgIpc) is 3.26. The lowest BCUT2D eigenvalue weighted by Crippen LogP contribution is -2.20. The first-order valence-corrected chi connectivity index (χ1v) is 12.3.